The highest BCUT2D eigenvalue weighted by atomic mass is 16.3. The van der Waals surface area contributed by atoms with Gasteiger partial charge in [-0.25, -0.2) is 4.98 Å². The van der Waals surface area contributed by atoms with Gasteiger partial charge in [-0.05, 0) is 75.8 Å². The zero-order chi connectivity index (χ0) is 28.7. The summed E-state index contributed by atoms with van der Waals surface area (Å²) < 4.78 is 8.98. The molecule has 6 aromatic carbocycles. The zero-order valence-corrected chi connectivity index (χ0v) is 24.0. The van der Waals surface area contributed by atoms with Gasteiger partial charge in [0.25, 0.3) is 0 Å². The maximum Gasteiger partial charge on any atom is 0.149 e. The Balaban J connectivity index is 1.27. The maximum absolute atomic E-state index is 6.68. The molecule has 0 bridgehead atoms. The van der Waals surface area contributed by atoms with E-state index in [1.807, 2.05) is 6.07 Å². The summed E-state index contributed by atoms with van der Waals surface area (Å²) in [5.74, 6) is 0.877. The van der Waals surface area contributed by atoms with Crippen molar-refractivity contribution in [1.82, 2.24) is 9.55 Å². The van der Waals surface area contributed by atoms with Gasteiger partial charge >= 0.3 is 0 Å². The van der Waals surface area contributed by atoms with Gasteiger partial charge in [0.1, 0.15) is 17.0 Å². The minimum absolute atomic E-state index is 0.0896. The highest BCUT2D eigenvalue weighted by Gasteiger charge is 2.35. The highest BCUT2D eigenvalue weighted by molar-refractivity contribution is 6.10. The first kappa shape index (κ1) is 24.2. The number of fused-ring (bicyclic) bond motifs is 7. The Morgan fingerprint density at radius 1 is 0.581 bits per heavy atom. The van der Waals surface area contributed by atoms with Crippen molar-refractivity contribution >= 4 is 33.0 Å². The van der Waals surface area contributed by atoms with Crippen LogP contribution in [0.15, 0.2) is 138 Å². The van der Waals surface area contributed by atoms with Crippen LogP contribution in [0.5, 0.6) is 0 Å². The monoisotopic (exact) mass is 552 g/mol. The van der Waals surface area contributed by atoms with Crippen molar-refractivity contribution < 1.29 is 4.42 Å². The summed E-state index contributed by atoms with van der Waals surface area (Å²) in [6.07, 6.45) is 0. The molecule has 0 saturated carbocycles. The molecule has 0 aliphatic heterocycles. The van der Waals surface area contributed by atoms with Crippen LogP contribution in [-0.2, 0) is 5.41 Å². The van der Waals surface area contributed by atoms with E-state index in [2.05, 4.69) is 146 Å². The van der Waals surface area contributed by atoms with E-state index < -0.39 is 0 Å². The zero-order valence-electron chi connectivity index (χ0n) is 24.0. The van der Waals surface area contributed by atoms with E-state index in [9.17, 15) is 0 Å². The molecule has 3 nitrogen and oxygen atoms in total. The molecule has 204 valence electrons. The van der Waals surface area contributed by atoms with Crippen LogP contribution in [0.4, 0.5) is 0 Å². The average Bonchev–Trinajstić information content (AvgIpc) is 3.69. The van der Waals surface area contributed by atoms with Gasteiger partial charge in [-0.2, -0.15) is 0 Å². The number of hydrogen-bond acceptors (Lipinski definition) is 2. The Hall–Kier alpha value is -5.41. The lowest BCUT2D eigenvalue weighted by atomic mass is 9.82. The van der Waals surface area contributed by atoms with E-state index in [0.717, 1.165) is 55.6 Å². The van der Waals surface area contributed by atoms with Gasteiger partial charge in [0.15, 0.2) is 0 Å². The fourth-order valence-corrected chi connectivity index (χ4v) is 7.08. The van der Waals surface area contributed by atoms with E-state index in [1.54, 1.807) is 0 Å². The number of nitrogens with zero attached hydrogens (tertiary/aromatic N) is 2. The summed E-state index contributed by atoms with van der Waals surface area (Å²) in [7, 11) is 0. The number of aromatic nitrogens is 2. The minimum atomic E-state index is -0.0896. The summed E-state index contributed by atoms with van der Waals surface area (Å²) in [6, 6.07) is 47.4. The predicted octanol–water partition coefficient (Wildman–Crippen LogP) is 10.6. The van der Waals surface area contributed by atoms with Crippen LogP contribution >= 0.6 is 0 Å². The van der Waals surface area contributed by atoms with Gasteiger partial charge < -0.3 is 4.42 Å². The molecule has 0 fully saturated rings. The molecule has 0 atom stereocenters. The van der Waals surface area contributed by atoms with Gasteiger partial charge in [0.2, 0.25) is 0 Å². The standard InChI is InChI=1S/C40H28N2O/c1-40(2)33-16-7-6-13-28(33)29-22-20-27(24-34(29)40)42-36-18-9-8-17-35(36)41-39(42)32-15-10-14-31-30-21-19-26(23-37(30)43-38(31)32)25-11-4-3-5-12-25/h3-24H,1-2H3. The van der Waals surface area contributed by atoms with Crippen LogP contribution < -0.4 is 0 Å². The lowest BCUT2D eigenvalue weighted by Crippen LogP contribution is -2.15. The molecule has 3 heteroatoms. The molecule has 8 aromatic rings. The van der Waals surface area contributed by atoms with Crippen LogP contribution in [-0.4, -0.2) is 9.55 Å². The molecule has 1 aliphatic carbocycles. The predicted molar refractivity (Wildman–Crippen MR) is 177 cm³/mol. The van der Waals surface area contributed by atoms with Gasteiger partial charge in [0.05, 0.1) is 16.6 Å². The smallest absolute Gasteiger partial charge is 0.149 e. The molecule has 0 saturated heterocycles. The normalized spacial score (nSPS) is 13.5. The third-order valence-electron chi connectivity index (χ3n) is 9.23. The Morgan fingerprint density at radius 3 is 2.26 bits per heavy atom. The SMILES string of the molecule is CC1(C)c2ccccc2-c2ccc(-n3c(-c4cccc5c4oc4cc(-c6ccccc6)ccc45)nc4ccccc43)cc21. The van der Waals surface area contributed by atoms with Gasteiger partial charge in [-0.3, -0.25) is 4.57 Å². The lowest BCUT2D eigenvalue weighted by Gasteiger charge is -2.22. The van der Waals surface area contributed by atoms with Crippen molar-refractivity contribution in [3.8, 4) is 39.3 Å². The molecule has 2 heterocycles. The second-order valence-corrected chi connectivity index (χ2v) is 12.0. The van der Waals surface area contributed by atoms with Crippen LogP contribution in [0.1, 0.15) is 25.0 Å². The van der Waals surface area contributed by atoms with Crippen LogP contribution in [0.25, 0.3) is 72.3 Å². The number of rotatable bonds is 3. The summed E-state index contributed by atoms with van der Waals surface area (Å²) in [4.78, 5) is 5.22. The molecule has 0 N–H and O–H groups in total. The molecule has 0 amide bonds. The molecule has 43 heavy (non-hydrogen) atoms. The fourth-order valence-electron chi connectivity index (χ4n) is 7.08. The van der Waals surface area contributed by atoms with Gasteiger partial charge in [0, 0.05) is 21.9 Å². The number of para-hydroxylation sites is 3. The topological polar surface area (TPSA) is 31.0 Å². The average molecular weight is 553 g/mol. The van der Waals surface area contributed by atoms with E-state index in [-0.39, 0.29) is 5.41 Å². The first-order valence-electron chi connectivity index (χ1n) is 14.8. The van der Waals surface area contributed by atoms with Gasteiger partial charge in [-0.15, -0.1) is 0 Å². The third-order valence-corrected chi connectivity index (χ3v) is 9.23. The van der Waals surface area contributed by atoms with E-state index in [4.69, 9.17) is 9.40 Å². The quantitative estimate of drug-likeness (QED) is 0.218. The Bertz CT molecular complexity index is 2370. The second-order valence-electron chi connectivity index (χ2n) is 12.0. The highest BCUT2D eigenvalue weighted by Crippen LogP contribution is 2.49. The van der Waals surface area contributed by atoms with Crippen molar-refractivity contribution in [2.75, 3.05) is 0 Å². The molecule has 0 spiro atoms. The first-order valence-corrected chi connectivity index (χ1v) is 14.8. The second kappa shape index (κ2) is 8.80. The molecule has 1 aliphatic rings. The Morgan fingerprint density at radius 2 is 1.35 bits per heavy atom. The number of benzene rings is 6. The van der Waals surface area contributed by atoms with E-state index >= 15 is 0 Å². The van der Waals surface area contributed by atoms with Crippen molar-refractivity contribution in [1.29, 1.82) is 0 Å². The largest absolute Gasteiger partial charge is 0.455 e. The summed E-state index contributed by atoms with van der Waals surface area (Å²) in [5.41, 5.74) is 13.4. The third kappa shape index (κ3) is 3.45. The van der Waals surface area contributed by atoms with Crippen molar-refractivity contribution in [3.05, 3.63) is 145 Å². The number of imidazole rings is 1. The lowest BCUT2D eigenvalue weighted by molar-refractivity contribution is 0.659. The van der Waals surface area contributed by atoms with E-state index in [0.29, 0.717) is 0 Å². The Kier molecular flexibility index (Phi) is 4.95. The number of furan rings is 1. The molecule has 2 aromatic heterocycles. The van der Waals surface area contributed by atoms with Crippen molar-refractivity contribution in [2.45, 2.75) is 19.3 Å². The van der Waals surface area contributed by atoms with Crippen molar-refractivity contribution in [3.63, 3.8) is 0 Å². The van der Waals surface area contributed by atoms with Crippen LogP contribution in [0, 0.1) is 0 Å². The Labute approximate surface area is 249 Å². The van der Waals surface area contributed by atoms with E-state index in [1.165, 1.54) is 27.8 Å². The summed E-state index contributed by atoms with van der Waals surface area (Å²) in [6.45, 7) is 4.65. The first-order chi connectivity index (χ1) is 21.1. The molecular formula is C40H28N2O. The fraction of sp³-hybridized carbons (Fsp3) is 0.0750. The molecular weight excluding hydrogens is 524 g/mol. The van der Waals surface area contributed by atoms with Crippen LogP contribution in [0.3, 0.4) is 0 Å². The molecule has 0 unspecified atom stereocenters. The minimum Gasteiger partial charge on any atom is -0.455 e. The number of hydrogen-bond donors (Lipinski definition) is 0. The summed E-state index contributed by atoms with van der Waals surface area (Å²) in [5, 5.41) is 2.20. The van der Waals surface area contributed by atoms with Crippen molar-refractivity contribution in [2.24, 2.45) is 0 Å². The maximum atomic E-state index is 6.68. The molecule has 0 radical (unpaired) electrons. The van der Waals surface area contributed by atoms with Gasteiger partial charge in [-0.1, -0.05) is 105 Å². The van der Waals surface area contributed by atoms with Crippen LogP contribution in [0.2, 0.25) is 0 Å². The molecule has 9 rings (SSSR count). The summed E-state index contributed by atoms with van der Waals surface area (Å²) >= 11 is 0.